The first-order valence-electron chi connectivity index (χ1n) is 3.74. The van der Waals surface area contributed by atoms with E-state index in [-0.39, 0.29) is 6.54 Å². The molecule has 0 aliphatic heterocycles. The van der Waals surface area contributed by atoms with Gasteiger partial charge >= 0.3 is 6.18 Å². The van der Waals surface area contributed by atoms with Crippen molar-refractivity contribution < 1.29 is 17.9 Å². The smallest absolute Gasteiger partial charge is 0.365 e. The summed E-state index contributed by atoms with van der Waals surface area (Å²) in [5.41, 5.74) is 4.40. The molecule has 0 radical (unpaired) electrons. The molecular weight excluding hydrogens is 171 g/mol. The van der Waals surface area contributed by atoms with Gasteiger partial charge in [-0.1, -0.05) is 6.92 Å². The predicted octanol–water partition coefficient (Wildman–Crippen LogP) is 1.69. The number of rotatable bonds is 4. The molecule has 0 aromatic carbocycles. The molecule has 0 aromatic rings. The van der Waals surface area contributed by atoms with Crippen molar-refractivity contribution in [3.8, 4) is 0 Å². The third-order valence-electron chi connectivity index (χ3n) is 1.76. The highest BCUT2D eigenvalue weighted by Crippen LogP contribution is 2.20. The van der Waals surface area contributed by atoms with Gasteiger partial charge in [0.25, 0.3) is 0 Å². The second-order valence-electron chi connectivity index (χ2n) is 2.91. The van der Waals surface area contributed by atoms with Crippen LogP contribution in [-0.4, -0.2) is 24.9 Å². The summed E-state index contributed by atoms with van der Waals surface area (Å²) >= 11 is 0. The molecule has 2 N–H and O–H groups in total. The highest BCUT2D eigenvalue weighted by Gasteiger charge is 2.32. The van der Waals surface area contributed by atoms with Crippen molar-refractivity contribution in [2.75, 3.05) is 13.2 Å². The van der Waals surface area contributed by atoms with Crippen LogP contribution >= 0.6 is 0 Å². The van der Waals surface area contributed by atoms with E-state index in [2.05, 4.69) is 4.74 Å². The third-order valence-corrected chi connectivity index (χ3v) is 1.76. The van der Waals surface area contributed by atoms with Crippen molar-refractivity contribution in [2.45, 2.75) is 32.0 Å². The zero-order chi connectivity index (χ0) is 9.83. The van der Waals surface area contributed by atoms with Gasteiger partial charge in [-0.05, 0) is 13.3 Å². The summed E-state index contributed by atoms with van der Waals surface area (Å²) in [5, 5.41) is 0. The Bertz CT molecular complexity index is 131. The molecule has 1 unspecified atom stereocenters. The summed E-state index contributed by atoms with van der Waals surface area (Å²) in [6.07, 6.45) is -3.80. The molecular formula is C7H14F3NO. The maximum Gasteiger partial charge on any atom is 0.411 e. The molecule has 0 saturated heterocycles. The van der Waals surface area contributed by atoms with Crippen LogP contribution in [0.5, 0.6) is 0 Å². The first kappa shape index (κ1) is 11.7. The van der Waals surface area contributed by atoms with Crippen molar-refractivity contribution >= 4 is 0 Å². The highest BCUT2D eigenvalue weighted by molar-refractivity contribution is 4.74. The molecule has 0 aliphatic rings. The summed E-state index contributed by atoms with van der Waals surface area (Å²) in [4.78, 5) is 0. The number of ether oxygens (including phenoxy) is 1. The Morgan fingerprint density at radius 1 is 1.33 bits per heavy atom. The van der Waals surface area contributed by atoms with E-state index >= 15 is 0 Å². The van der Waals surface area contributed by atoms with Crippen LogP contribution in [0.3, 0.4) is 0 Å². The van der Waals surface area contributed by atoms with Gasteiger partial charge in [-0.3, -0.25) is 0 Å². The van der Waals surface area contributed by atoms with E-state index in [4.69, 9.17) is 5.73 Å². The van der Waals surface area contributed by atoms with Crippen LogP contribution in [-0.2, 0) is 4.74 Å². The van der Waals surface area contributed by atoms with Crippen LogP contribution in [0.1, 0.15) is 20.3 Å². The summed E-state index contributed by atoms with van der Waals surface area (Å²) in [5.74, 6) is 0. The minimum atomic E-state index is -4.27. The summed E-state index contributed by atoms with van der Waals surface area (Å²) < 4.78 is 39.7. The summed E-state index contributed by atoms with van der Waals surface area (Å²) in [6.45, 7) is 2.18. The largest absolute Gasteiger partial charge is 0.411 e. The summed E-state index contributed by atoms with van der Waals surface area (Å²) in [6, 6.07) is 0. The summed E-state index contributed by atoms with van der Waals surface area (Å²) in [7, 11) is 0. The fraction of sp³-hybridized carbons (Fsp3) is 1.00. The Morgan fingerprint density at radius 2 is 1.83 bits per heavy atom. The monoisotopic (exact) mass is 185 g/mol. The Balaban J connectivity index is 3.89. The normalized spacial score (nSPS) is 17.5. The first-order valence-corrected chi connectivity index (χ1v) is 3.74. The second kappa shape index (κ2) is 4.09. The average Bonchev–Trinajstić information content (AvgIpc) is 1.99. The lowest BCUT2D eigenvalue weighted by atomic mass is 10.0. The Morgan fingerprint density at radius 3 is 2.08 bits per heavy atom. The van der Waals surface area contributed by atoms with Crippen LogP contribution in [0, 0.1) is 0 Å². The number of hydrogen-bond donors (Lipinski definition) is 1. The average molecular weight is 185 g/mol. The number of alkyl halides is 3. The maximum atomic E-state index is 11.7. The molecule has 0 bridgehead atoms. The molecule has 0 aliphatic carbocycles. The molecule has 12 heavy (non-hydrogen) atoms. The van der Waals surface area contributed by atoms with Gasteiger partial charge in [0.05, 0.1) is 5.60 Å². The first-order chi connectivity index (χ1) is 5.33. The van der Waals surface area contributed by atoms with Crippen molar-refractivity contribution in [3.05, 3.63) is 0 Å². The molecule has 1 atom stereocenters. The zero-order valence-corrected chi connectivity index (χ0v) is 7.24. The molecule has 0 amide bonds. The quantitative estimate of drug-likeness (QED) is 0.723. The van der Waals surface area contributed by atoms with Gasteiger partial charge in [0.1, 0.15) is 6.61 Å². The van der Waals surface area contributed by atoms with Gasteiger partial charge < -0.3 is 10.5 Å². The van der Waals surface area contributed by atoms with Gasteiger partial charge in [0.2, 0.25) is 0 Å². The lowest BCUT2D eigenvalue weighted by Gasteiger charge is -2.27. The van der Waals surface area contributed by atoms with E-state index in [0.717, 1.165) is 0 Å². The van der Waals surface area contributed by atoms with E-state index in [0.29, 0.717) is 6.42 Å². The van der Waals surface area contributed by atoms with Crippen molar-refractivity contribution in [3.63, 3.8) is 0 Å². The number of hydrogen-bond acceptors (Lipinski definition) is 2. The maximum absolute atomic E-state index is 11.7. The van der Waals surface area contributed by atoms with Crippen LogP contribution < -0.4 is 5.73 Å². The molecule has 74 valence electrons. The van der Waals surface area contributed by atoms with Crippen molar-refractivity contribution in [1.82, 2.24) is 0 Å². The fourth-order valence-corrected chi connectivity index (χ4v) is 0.561. The minimum absolute atomic E-state index is 0.0968. The zero-order valence-electron chi connectivity index (χ0n) is 7.24. The van der Waals surface area contributed by atoms with Gasteiger partial charge in [-0.25, -0.2) is 0 Å². The van der Waals surface area contributed by atoms with E-state index in [1.165, 1.54) is 0 Å². The molecule has 0 aromatic heterocycles. The van der Waals surface area contributed by atoms with Crippen molar-refractivity contribution in [2.24, 2.45) is 5.73 Å². The van der Waals surface area contributed by atoms with Crippen molar-refractivity contribution in [1.29, 1.82) is 0 Å². The van der Waals surface area contributed by atoms with Gasteiger partial charge in [0, 0.05) is 6.54 Å². The Labute approximate surface area is 69.9 Å². The van der Waals surface area contributed by atoms with Crippen LogP contribution in [0.4, 0.5) is 13.2 Å². The molecule has 5 heteroatoms. The molecule has 0 rings (SSSR count). The Hall–Kier alpha value is -0.290. The molecule has 0 saturated carbocycles. The van der Waals surface area contributed by atoms with Gasteiger partial charge in [-0.15, -0.1) is 0 Å². The van der Waals surface area contributed by atoms with E-state index in [9.17, 15) is 13.2 Å². The second-order valence-corrected chi connectivity index (χ2v) is 2.91. The highest BCUT2D eigenvalue weighted by atomic mass is 19.4. The number of halogens is 3. The standard InChI is InChI=1S/C7H14F3NO/c1-3-6(2,4-11)12-5-7(8,9)10/h3-5,11H2,1-2H3. The van der Waals surface area contributed by atoms with Crippen LogP contribution in [0.2, 0.25) is 0 Å². The van der Waals surface area contributed by atoms with E-state index in [1.54, 1.807) is 13.8 Å². The molecule has 0 heterocycles. The minimum Gasteiger partial charge on any atom is -0.365 e. The Kier molecular flexibility index (Phi) is 3.99. The van der Waals surface area contributed by atoms with Gasteiger partial charge in [-0.2, -0.15) is 13.2 Å². The molecule has 0 spiro atoms. The van der Waals surface area contributed by atoms with Crippen LogP contribution in [0.15, 0.2) is 0 Å². The number of nitrogens with two attached hydrogens (primary N) is 1. The SMILES string of the molecule is CCC(C)(CN)OCC(F)(F)F. The third kappa shape index (κ3) is 4.56. The van der Waals surface area contributed by atoms with Gasteiger partial charge in [0.15, 0.2) is 0 Å². The lowest BCUT2D eigenvalue weighted by Crippen LogP contribution is -2.39. The fourth-order valence-electron chi connectivity index (χ4n) is 0.561. The van der Waals surface area contributed by atoms with Crippen LogP contribution in [0.25, 0.3) is 0 Å². The molecule has 0 fully saturated rings. The van der Waals surface area contributed by atoms with E-state index in [1.807, 2.05) is 0 Å². The van der Waals surface area contributed by atoms with E-state index < -0.39 is 18.4 Å². The topological polar surface area (TPSA) is 35.2 Å². The predicted molar refractivity (Wildman–Crippen MR) is 39.8 cm³/mol. The molecule has 2 nitrogen and oxygen atoms in total. The lowest BCUT2D eigenvalue weighted by molar-refractivity contribution is -0.201.